The summed E-state index contributed by atoms with van der Waals surface area (Å²) < 4.78 is 0. The largest absolute Gasteiger partial charge is 0.342 e. The summed E-state index contributed by atoms with van der Waals surface area (Å²) in [6.45, 7) is 10.0. The van der Waals surface area contributed by atoms with E-state index >= 15 is 0 Å². The van der Waals surface area contributed by atoms with Gasteiger partial charge in [0.15, 0.2) is 0 Å². The van der Waals surface area contributed by atoms with Crippen LogP contribution in [0.25, 0.3) is 0 Å². The van der Waals surface area contributed by atoms with Gasteiger partial charge in [0, 0.05) is 51.5 Å². The second-order valence-corrected chi connectivity index (χ2v) is 7.29. The minimum absolute atomic E-state index is 0.314. The maximum atomic E-state index is 12.4. The second-order valence-electron chi connectivity index (χ2n) is 7.29. The molecule has 1 amide bonds. The summed E-state index contributed by atoms with van der Waals surface area (Å²) in [7, 11) is 0. The van der Waals surface area contributed by atoms with E-state index in [1.165, 1.54) is 19.6 Å². The first-order chi connectivity index (χ1) is 10.6. The van der Waals surface area contributed by atoms with E-state index < -0.39 is 0 Å². The Balaban J connectivity index is 1.45. The smallest absolute Gasteiger partial charge is 0.222 e. The summed E-state index contributed by atoms with van der Waals surface area (Å²) in [5.41, 5.74) is 1.15. The lowest BCUT2D eigenvalue weighted by Crippen LogP contribution is -2.34. The number of carbonyl (C=O) groups is 1. The van der Waals surface area contributed by atoms with Crippen molar-refractivity contribution in [1.82, 2.24) is 14.8 Å². The zero-order valence-corrected chi connectivity index (χ0v) is 13.7. The normalized spacial score (nSPS) is 25.0. The van der Waals surface area contributed by atoms with Crippen LogP contribution in [-0.2, 0) is 11.2 Å². The number of aromatic nitrogens is 1. The van der Waals surface area contributed by atoms with Crippen LogP contribution in [0.15, 0.2) is 24.5 Å². The van der Waals surface area contributed by atoms with E-state index in [1.807, 2.05) is 18.3 Å². The molecule has 0 saturated carbocycles. The van der Waals surface area contributed by atoms with Crippen LogP contribution in [0.4, 0.5) is 0 Å². The van der Waals surface area contributed by atoms with Crippen LogP contribution in [0.5, 0.6) is 0 Å². The Morgan fingerprint density at radius 2 is 2.00 bits per heavy atom. The van der Waals surface area contributed by atoms with Gasteiger partial charge in [-0.3, -0.25) is 9.78 Å². The molecule has 2 atom stereocenters. The Morgan fingerprint density at radius 3 is 2.59 bits per heavy atom. The topological polar surface area (TPSA) is 36.4 Å². The standard InChI is InChI=1S/C18H27N3O/c1-14(2)9-20-10-16-12-21(13-17(16)11-20)18(22)6-5-15-4-3-7-19-8-15/h3-4,7-8,14,16-17H,5-6,9-13H2,1-2H3/t16-,17-/m0/s1. The molecule has 22 heavy (non-hydrogen) atoms. The van der Waals surface area contributed by atoms with Crippen molar-refractivity contribution >= 4 is 5.91 Å². The van der Waals surface area contributed by atoms with E-state index in [4.69, 9.17) is 0 Å². The third-order valence-corrected chi connectivity index (χ3v) is 4.89. The third kappa shape index (κ3) is 3.67. The van der Waals surface area contributed by atoms with Gasteiger partial charge in [0.2, 0.25) is 5.91 Å². The van der Waals surface area contributed by atoms with Crippen LogP contribution in [0.1, 0.15) is 25.8 Å². The maximum Gasteiger partial charge on any atom is 0.222 e. The van der Waals surface area contributed by atoms with Crippen LogP contribution in [0.3, 0.4) is 0 Å². The average Bonchev–Trinajstić information content (AvgIpc) is 3.03. The molecule has 0 aliphatic carbocycles. The number of aryl methyl sites for hydroxylation is 1. The Kier molecular flexibility index (Phi) is 4.77. The number of nitrogens with zero attached hydrogens (tertiary/aromatic N) is 3. The van der Waals surface area contributed by atoms with Crippen molar-refractivity contribution in [2.75, 3.05) is 32.7 Å². The van der Waals surface area contributed by atoms with Gasteiger partial charge in [-0.25, -0.2) is 0 Å². The van der Waals surface area contributed by atoms with Crippen molar-refractivity contribution in [3.8, 4) is 0 Å². The lowest BCUT2D eigenvalue weighted by molar-refractivity contribution is -0.130. The molecule has 3 rings (SSSR count). The third-order valence-electron chi connectivity index (χ3n) is 4.89. The number of likely N-dealkylation sites (tertiary alicyclic amines) is 2. The first-order valence-corrected chi connectivity index (χ1v) is 8.51. The van der Waals surface area contributed by atoms with Gasteiger partial charge >= 0.3 is 0 Å². The molecule has 1 aromatic heterocycles. The summed E-state index contributed by atoms with van der Waals surface area (Å²) in [5.74, 6) is 2.44. The molecule has 4 heteroatoms. The molecule has 2 saturated heterocycles. The lowest BCUT2D eigenvalue weighted by atomic mass is 10.0. The average molecular weight is 301 g/mol. The zero-order chi connectivity index (χ0) is 15.5. The second kappa shape index (κ2) is 6.78. The van der Waals surface area contributed by atoms with E-state index in [9.17, 15) is 4.79 Å². The summed E-state index contributed by atoms with van der Waals surface area (Å²) in [4.78, 5) is 21.2. The highest BCUT2D eigenvalue weighted by atomic mass is 16.2. The van der Waals surface area contributed by atoms with Crippen LogP contribution in [-0.4, -0.2) is 53.4 Å². The summed E-state index contributed by atoms with van der Waals surface area (Å²) in [6.07, 6.45) is 5.05. The number of rotatable bonds is 5. The molecular formula is C18H27N3O. The predicted octanol–water partition coefficient (Wildman–Crippen LogP) is 2.06. The molecule has 1 aromatic rings. The quantitative estimate of drug-likeness (QED) is 0.835. The highest BCUT2D eigenvalue weighted by molar-refractivity contribution is 5.76. The van der Waals surface area contributed by atoms with Crippen LogP contribution < -0.4 is 0 Å². The fraction of sp³-hybridized carbons (Fsp3) is 0.667. The monoisotopic (exact) mass is 301 g/mol. The molecule has 4 nitrogen and oxygen atoms in total. The molecule has 2 fully saturated rings. The first-order valence-electron chi connectivity index (χ1n) is 8.51. The molecule has 120 valence electrons. The molecule has 0 bridgehead atoms. The predicted molar refractivity (Wildman–Crippen MR) is 87.4 cm³/mol. The van der Waals surface area contributed by atoms with E-state index in [-0.39, 0.29) is 0 Å². The van der Waals surface area contributed by atoms with Gasteiger partial charge < -0.3 is 9.80 Å². The number of hydrogen-bond donors (Lipinski definition) is 0. The van der Waals surface area contributed by atoms with Crippen LogP contribution >= 0.6 is 0 Å². The SMILES string of the molecule is CC(C)CN1C[C@H]2CN(C(=O)CCc3cccnc3)C[C@@H]2C1. The van der Waals surface area contributed by atoms with Crippen molar-refractivity contribution in [1.29, 1.82) is 0 Å². The minimum atomic E-state index is 0.314. The Bertz CT molecular complexity index is 488. The summed E-state index contributed by atoms with van der Waals surface area (Å²) in [5, 5.41) is 0. The van der Waals surface area contributed by atoms with Crippen molar-refractivity contribution in [2.45, 2.75) is 26.7 Å². The molecule has 3 heterocycles. The van der Waals surface area contributed by atoms with Gasteiger partial charge in [-0.05, 0) is 35.8 Å². The number of fused-ring (bicyclic) bond motifs is 1. The van der Waals surface area contributed by atoms with Gasteiger partial charge in [-0.15, -0.1) is 0 Å². The first kappa shape index (κ1) is 15.5. The minimum Gasteiger partial charge on any atom is -0.342 e. The van der Waals surface area contributed by atoms with Crippen molar-refractivity contribution < 1.29 is 4.79 Å². The fourth-order valence-corrected chi connectivity index (χ4v) is 3.91. The molecule has 0 unspecified atom stereocenters. The number of carbonyl (C=O) groups excluding carboxylic acids is 1. The molecule has 2 aliphatic rings. The maximum absolute atomic E-state index is 12.4. The van der Waals surface area contributed by atoms with Crippen molar-refractivity contribution in [3.05, 3.63) is 30.1 Å². The van der Waals surface area contributed by atoms with E-state index in [1.54, 1.807) is 6.20 Å². The summed E-state index contributed by atoms with van der Waals surface area (Å²) in [6, 6.07) is 3.98. The van der Waals surface area contributed by atoms with Gasteiger partial charge in [0.1, 0.15) is 0 Å². The number of amides is 1. The number of hydrogen-bond acceptors (Lipinski definition) is 3. The van der Waals surface area contributed by atoms with Crippen molar-refractivity contribution in [3.63, 3.8) is 0 Å². The number of pyridine rings is 1. The van der Waals surface area contributed by atoms with Gasteiger partial charge in [-0.1, -0.05) is 19.9 Å². The Morgan fingerprint density at radius 1 is 1.27 bits per heavy atom. The van der Waals surface area contributed by atoms with Gasteiger partial charge in [-0.2, -0.15) is 0 Å². The van der Waals surface area contributed by atoms with Crippen LogP contribution in [0, 0.1) is 17.8 Å². The highest BCUT2D eigenvalue weighted by Gasteiger charge is 2.41. The Hall–Kier alpha value is -1.42. The van der Waals surface area contributed by atoms with Gasteiger partial charge in [0.05, 0.1) is 0 Å². The highest BCUT2D eigenvalue weighted by Crippen LogP contribution is 2.31. The van der Waals surface area contributed by atoms with E-state index in [0.717, 1.165) is 31.0 Å². The molecule has 0 N–H and O–H groups in total. The molecule has 0 radical (unpaired) electrons. The fourth-order valence-electron chi connectivity index (χ4n) is 3.91. The van der Waals surface area contributed by atoms with Crippen molar-refractivity contribution in [2.24, 2.45) is 17.8 Å². The van der Waals surface area contributed by atoms with Crippen LogP contribution in [0.2, 0.25) is 0 Å². The lowest BCUT2D eigenvalue weighted by Gasteiger charge is -2.22. The van der Waals surface area contributed by atoms with E-state index in [0.29, 0.717) is 24.2 Å². The molecule has 0 spiro atoms. The zero-order valence-electron chi connectivity index (χ0n) is 13.7. The summed E-state index contributed by atoms with van der Waals surface area (Å²) >= 11 is 0. The molecule has 0 aromatic carbocycles. The Labute approximate surface area is 133 Å². The van der Waals surface area contributed by atoms with E-state index in [2.05, 4.69) is 28.6 Å². The molecule has 2 aliphatic heterocycles. The molecular weight excluding hydrogens is 274 g/mol. The van der Waals surface area contributed by atoms with Gasteiger partial charge in [0.25, 0.3) is 0 Å².